The Labute approximate surface area is 161 Å². The molecule has 3 nitrogen and oxygen atoms in total. The van der Waals surface area contributed by atoms with E-state index in [9.17, 15) is 9.18 Å². The molecule has 27 heavy (non-hydrogen) atoms. The Morgan fingerprint density at radius 3 is 2.33 bits per heavy atom. The summed E-state index contributed by atoms with van der Waals surface area (Å²) in [6.45, 7) is 3.57. The van der Waals surface area contributed by atoms with Crippen LogP contribution in [0.25, 0.3) is 0 Å². The first-order valence-electron chi connectivity index (χ1n) is 10.1. The Kier molecular flexibility index (Phi) is 6.66. The standard InChI is InChI=1S/C23H28FNO2/c1-2-3-23(26)27-21-12-10-17(11-13-21)16-4-6-18(7-5-16)19-8-9-20(15-25)22(24)14-19/h2,8-9,14,16-18,21H,1,3-7,10-13H2. The summed E-state index contributed by atoms with van der Waals surface area (Å²) in [7, 11) is 0. The van der Waals surface area contributed by atoms with Crippen molar-refractivity contribution >= 4 is 5.97 Å². The molecule has 0 aromatic heterocycles. The molecule has 0 atom stereocenters. The number of benzene rings is 1. The van der Waals surface area contributed by atoms with Crippen LogP contribution in [0, 0.1) is 29.0 Å². The zero-order chi connectivity index (χ0) is 19.2. The summed E-state index contributed by atoms with van der Waals surface area (Å²) in [6.07, 6.45) is 10.7. The van der Waals surface area contributed by atoms with Crippen LogP contribution in [0.4, 0.5) is 4.39 Å². The second-order valence-corrected chi connectivity index (χ2v) is 7.98. The molecule has 0 radical (unpaired) electrons. The summed E-state index contributed by atoms with van der Waals surface area (Å²) in [6, 6.07) is 6.95. The second kappa shape index (κ2) is 9.17. The van der Waals surface area contributed by atoms with Gasteiger partial charge in [-0.25, -0.2) is 4.39 Å². The molecule has 1 aromatic rings. The van der Waals surface area contributed by atoms with E-state index < -0.39 is 5.82 Å². The van der Waals surface area contributed by atoms with E-state index in [0.717, 1.165) is 55.9 Å². The number of carbonyl (C=O) groups is 1. The van der Waals surface area contributed by atoms with Gasteiger partial charge in [-0.05, 0) is 86.8 Å². The van der Waals surface area contributed by atoms with E-state index in [1.807, 2.05) is 12.1 Å². The number of nitrogens with zero attached hydrogens (tertiary/aromatic N) is 1. The third-order valence-corrected chi connectivity index (χ3v) is 6.35. The molecular formula is C23H28FNO2. The maximum atomic E-state index is 13.9. The molecule has 2 aliphatic rings. The molecule has 1 aromatic carbocycles. The van der Waals surface area contributed by atoms with Gasteiger partial charge in [-0.15, -0.1) is 6.58 Å². The zero-order valence-electron chi connectivity index (χ0n) is 15.8. The van der Waals surface area contributed by atoms with Gasteiger partial charge in [0.2, 0.25) is 0 Å². The first-order chi connectivity index (χ1) is 13.1. The molecule has 0 N–H and O–H groups in total. The van der Waals surface area contributed by atoms with E-state index in [-0.39, 0.29) is 17.6 Å². The number of rotatable bonds is 5. The van der Waals surface area contributed by atoms with Gasteiger partial charge in [0, 0.05) is 0 Å². The molecule has 2 saturated carbocycles. The van der Waals surface area contributed by atoms with Crippen molar-refractivity contribution in [1.82, 2.24) is 0 Å². The number of hydrogen-bond acceptors (Lipinski definition) is 3. The zero-order valence-corrected chi connectivity index (χ0v) is 15.8. The fourth-order valence-corrected chi connectivity index (χ4v) is 4.83. The normalized spacial score (nSPS) is 28.1. The molecule has 4 heteroatoms. The molecule has 2 fully saturated rings. The summed E-state index contributed by atoms with van der Waals surface area (Å²) in [5, 5.41) is 8.87. The van der Waals surface area contributed by atoms with Crippen LogP contribution >= 0.6 is 0 Å². The Morgan fingerprint density at radius 1 is 1.15 bits per heavy atom. The number of halogens is 1. The highest BCUT2D eigenvalue weighted by molar-refractivity contribution is 5.71. The average molecular weight is 369 g/mol. The second-order valence-electron chi connectivity index (χ2n) is 7.98. The summed E-state index contributed by atoms with van der Waals surface area (Å²) in [5.41, 5.74) is 1.15. The quantitative estimate of drug-likeness (QED) is 0.498. The molecule has 0 amide bonds. The van der Waals surface area contributed by atoms with Crippen molar-refractivity contribution in [2.75, 3.05) is 0 Å². The van der Waals surface area contributed by atoms with Crippen LogP contribution in [0.2, 0.25) is 0 Å². The monoisotopic (exact) mass is 369 g/mol. The van der Waals surface area contributed by atoms with Crippen LogP contribution in [0.15, 0.2) is 30.9 Å². The largest absolute Gasteiger partial charge is 0.462 e. The van der Waals surface area contributed by atoms with Gasteiger partial charge in [0.1, 0.15) is 18.0 Å². The molecule has 0 spiro atoms. The molecule has 2 aliphatic carbocycles. The topological polar surface area (TPSA) is 50.1 Å². The maximum Gasteiger partial charge on any atom is 0.309 e. The minimum Gasteiger partial charge on any atom is -0.462 e. The Hall–Kier alpha value is -2.15. The fourth-order valence-electron chi connectivity index (χ4n) is 4.83. The van der Waals surface area contributed by atoms with Gasteiger partial charge >= 0.3 is 5.97 Å². The van der Waals surface area contributed by atoms with Gasteiger partial charge in [0.05, 0.1) is 12.0 Å². The van der Waals surface area contributed by atoms with E-state index in [2.05, 4.69) is 6.58 Å². The van der Waals surface area contributed by atoms with E-state index in [4.69, 9.17) is 10.00 Å². The van der Waals surface area contributed by atoms with Crippen LogP contribution in [-0.2, 0) is 9.53 Å². The maximum absolute atomic E-state index is 13.9. The van der Waals surface area contributed by atoms with Gasteiger partial charge in [0.15, 0.2) is 0 Å². The lowest BCUT2D eigenvalue weighted by atomic mass is 9.69. The van der Waals surface area contributed by atoms with Crippen molar-refractivity contribution in [1.29, 1.82) is 5.26 Å². The lowest BCUT2D eigenvalue weighted by molar-refractivity contribution is -0.150. The summed E-state index contributed by atoms with van der Waals surface area (Å²) in [5.74, 6) is 1.29. The fraction of sp³-hybridized carbons (Fsp3) is 0.565. The van der Waals surface area contributed by atoms with Crippen LogP contribution in [0.5, 0.6) is 0 Å². The third-order valence-electron chi connectivity index (χ3n) is 6.35. The smallest absolute Gasteiger partial charge is 0.309 e. The molecule has 3 rings (SSSR count). The van der Waals surface area contributed by atoms with Gasteiger partial charge < -0.3 is 4.74 Å². The molecule has 0 aliphatic heterocycles. The summed E-state index contributed by atoms with van der Waals surface area (Å²) < 4.78 is 19.4. The van der Waals surface area contributed by atoms with Gasteiger partial charge in [-0.3, -0.25) is 4.79 Å². The van der Waals surface area contributed by atoms with Crippen molar-refractivity contribution in [3.8, 4) is 6.07 Å². The minimum absolute atomic E-state index is 0.0756. The van der Waals surface area contributed by atoms with E-state index >= 15 is 0 Å². The predicted molar refractivity (Wildman–Crippen MR) is 102 cm³/mol. The summed E-state index contributed by atoms with van der Waals surface area (Å²) in [4.78, 5) is 11.6. The van der Waals surface area contributed by atoms with Crippen molar-refractivity contribution in [2.45, 2.75) is 69.8 Å². The minimum atomic E-state index is -0.401. The van der Waals surface area contributed by atoms with Crippen LogP contribution in [0.1, 0.15) is 74.8 Å². The number of nitriles is 1. The predicted octanol–water partition coefficient (Wildman–Crippen LogP) is 5.65. The molecule has 0 heterocycles. The van der Waals surface area contributed by atoms with Crippen molar-refractivity contribution in [2.24, 2.45) is 11.8 Å². The van der Waals surface area contributed by atoms with Crippen molar-refractivity contribution in [3.63, 3.8) is 0 Å². The number of esters is 1. The van der Waals surface area contributed by atoms with Crippen molar-refractivity contribution < 1.29 is 13.9 Å². The first-order valence-corrected chi connectivity index (χ1v) is 10.1. The van der Waals surface area contributed by atoms with E-state index in [1.165, 1.54) is 12.8 Å². The van der Waals surface area contributed by atoms with E-state index in [1.54, 1.807) is 18.2 Å². The lowest BCUT2D eigenvalue weighted by Crippen LogP contribution is -2.29. The Morgan fingerprint density at radius 2 is 1.78 bits per heavy atom. The van der Waals surface area contributed by atoms with Gasteiger partial charge in [-0.2, -0.15) is 5.26 Å². The molecule has 0 saturated heterocycles. The third kappa shape index (κ3) is 4.97. The average Bonchev–Trinajstić information content (AvgIpc) is 2.69. The van der Waals surface area contributed by atoms with Crippen LogP contribution in [-0.4, -0.2) is 12.1 Å². The van der Waals surface area contributed by atoms with Crippen molar-refractivity contribution in [3.05, 3.63) is 47.8 Å². The SMILES string of the molecule is C=CCC(=O)OC1CCC(C2CCC(c3ccc(C#N)c(F)c3)CC2)CC1. The Bertz CT molecular complexity index is 708. The number of carbonyl (C=O) groups excluding carboxylic acids is 1. The molecule has 0 unspecified atom stereocenters. The molecule has 0 bridgehead atoms. The van der Waals surface area contributed by atoms with Crippen LogP contribution < -0.4 is 0 Å². The van der Waals surface area contributed by atoms with E-state index in [0.29, 0.717) is 12.3 Å². The molecular weight excluding hydrogens is 341 g/mol. The molecule has 144 valence electrons. The lowest BCUT2D eigenvalue weighted by Gasteiger charge is -2.37. The van der Waals surface area contributed by atoms with Gasteiger partial charge in [0.25, 0.3) is 0 Å². The highest BCUT2D eigenvalue weighted by Gasteiger charge is 2.32. The Balaban J connectivity index is 1.46. The van der Waals surface area contributed by atoms with Gasteiger partial charge in [-0.1, -0.05) is 12.1 Å². The van der Waals surface area contributed by atoms with Crippen LogP contribution in [0.3, 0.4) is 0 Å². The number of ether oxygens (including phenoxy) is 1. The summed E-state index contributed by atoms with van der Waals surface area (Å²) >= 11 is 0. The highest BCUT2D eigenvalue weighted by Crippen LogP contribution is 2.43. The highest BCUT2D eigenvalue weighted by atomic mass is 19.1. The number of hydrogen-bond donors (Lipinski definition) is 0. The first kappa shape index (κ1) is 19.6.